The third kappa shape index (κ3) is 3.09. The van der Waals surface area contributed by atoms with Crippen molar-refractivity contribution in [1.82, 2.24) is 14.9 Å². The molecule has 2 N–H and O–H groups in total. The molecule has 6 nitrogen and oxygen atoms in total. The number of aromatic amines is 2. The van der Waals surface area contributed by atoms with Crippen LogP contribution in [0.4, 0.5) is 13.2 Å². The first-order valence-electron chi connectivity index (χ1n) is 9.50. The Morgan fingerprint density at radius 2 is 1.84 bits per heavy atom. The van der Waals surface area contributed by atoms with Crippen molar-refractivity contribution in [1.29, 1.82) is 0 Å². The summed E-state index contributed by atoms with van der Waals surface area (Å²) in [7, 11) is 1.55. The zero-order chi connectivity index (χ0) is 21.9. The fraction of sp³-hybridized carbons (Fsp3) is 0.182. The SMILES string of the molecule is CN(C(=O)c1cc2c(F)cc(F)cc2[nH]1)C1COCc2[nH]c(=O)c3cc(F)ccc3c21. The summed E-state index contributed by atoms with van der Waals surface area (Å²) in [6, 6.07) is 6.52. The number of aromatic nitrogens is 2. The molecule has 1 aliphatic rings. The van der Waals surface area contributed by atoms with Gasteiger partial charge in [0.2, 0.25) is 0 Å². The molecule has 1 unspecified atom stereocenters. The monoisotopic (exact) mass is 427 g/mol. The van der Waals surface area contributed by atoms with Crippen molar-refractivity contribution < 1.29 is 22.7 Å². The van der Waals surface area contributed by atoms with Crippen molar-refractivity contribution in [2.45, 2.75) is 12.6 Å². The second-order valence-electron chi connectivity index (χ2n) is 7.52. The molecule has 0 aliphatic carbocycles. The van der Waals surface area contributed by atoms with Crippen LogP contribution in [0, 0.1) is 17.5 Å². The first-order chi connectivity index (χ1) is 14.8. The highest BCUT2D eigenvalue weighted by atomic mass is 19.1. The minimum atomic E-state index is -0.773. The number of carbonyl (C=O) groups is 1. The number of hydrogen-bond donors (Lipinski definition) is 2. The van der Waals surface area contributed by atoms with Gasteiger partial charge in [-0.2, -0.15) is 0 Å². The Morgan fingerprint density at radius 1 is 1.03 bits per heavy atom. The predicted molar refractivity (Wildman–Crippen MR) is 107 cm³/mol. The zero-order valence-corrected chi connectivity index (χ0v) is 16.3. The van der Waals surface area contributed by atoms with Gasteiger partial charge in [-0.25, -0.2) is 13.2 Å². The van der Waals surface area contributed by atoms with E-state index in [1.54, 1.807) is 7.05 Å². The van der Waals surface area contributed by atoms with Gasteiger partial charge in [-0.3, -0.25) is 9.59 Å². The van der Waals surface area contributed by atoms with Gasteiger partial charge in [0.05, 0.1) is 30.2 Å². The number of ether oxygens (including phenoxy) is 1. The van der Waals surface area contributed by atoms with Crippen LogP contribution in [-0.4, -0.2) is 34.4 Å². The Labute approximate surface area is 173 Å². The highest BCUT2D eigenvalue weighted by Gasteiger charge is 2.31. The highest BCUT2D eigenvalue weighted by Crippen LogP contribution is 2.34. The summed E-state index contributed by atoms with van der Waals surface area (Å²) in [5.41, 5.74) is 0.961. The molecule has 0 saturated carbocycles. The fourth-order valence-corrected chi connectivity index (χ4v) is 4.14. The summed E-state index contributed by atoms with van der Waals surface area (Å²) in [6.07, 6.45) is 0. The first-order valence-corrected chi connectivity index (χ1v) is 9.50. The molecule has 1 aliphatic heterocycles. The van der Waals surface area contributed by atoms with E-state index >= 15 is 0 Å². The summed E-state index contributed by atoms with van der Waals surface area (Å²) >= 11 is 0. The lowest BCUT2D eigenvalue weighted by atomic mass is 9.95. The van der Waals surface area contributed by atoms with E-state index in [0.29, 0.717) is 16.6 Å². The molecule has 3 heterocycles. The number of likely N-dealkylation sites (N-methyl/N-ethyl adjacent to an activating group) is 1. The first kappa shape index (κ1) is 19.4. The van der Waals surface area contributed by atoms with E-state index in [2.05, 4.69) is 9.97 Å². The maximum atomic E-state index is 14.1. The van der Waals surface area contributed by atoms with E-state index in [9.17, 15) is 22.8 Å². The molecule has 1 atom stereocenters. The van der Waals surface area contributed by atoms with E-state index in [0.717, 1.165) is 18.2 Å². The van der Waals surface area contributed by atoms with Gasteiger partial charge >= 0.3 is 0 Å². The minimum absolute atomic E-state index is 0.0777. The molecule has 2 aromatic carbocycles. The van der Waals surface area contributed by atoms with E-state index in [-0.39, 0.29) is 35.2 Å². The summed E-state index contributed by atoms with van der Waals surface area (Å²) in [4.78, 5) is 32.4. The maximum absolute atomic E-state index is 14.1. The molecule has 2 aromatic heterocycles. The number of nitrogens with one attached hydrogen (secondary N) is 2. The largest absolute Gasteiger partial charge is 0.373 e. The molecule has 9 heteroatoms. The van der Waals surface area contributed by atoms with Crippen LogP contribution in [0.3, 0.4) is 0 Å². The molecule has 31 heavy (non-hydrogen) atoms. The highest BCUT2D eigenvalue weighted by molar-refractivity contribution is 5.98. The van der Waals surface area contributed by atoms with E-state index in [4.69, 9.17) is 4.74 Å². The van der Waals surface area contributed by atoms with Crippen LogP contribution in [0.2, 0.25) is 0 Å². The van der Waals surface area contributed by atoms with E-state index in [1.165, 1.54) is 23.1 Å². The summed E-state index contributed by atoms with van der Waals surface area (Å²) in [6.45, 7) is 0.296. The van der Waals surface area contributed by atoms with Crippen LogP contribution < -0.4 is 5.56 Å². The number of carbonyl (C=O) groups excluding carboxylic acids is 1. The molecular formula is C22H16F3N3O3. The molecule has 0 saturated heterocycles. The Kier molecular flexibility index (Phi) is 4.37. The second-order valence-corrected chi connectivity index (χ2v) is 7.52. The molecule has 0 fully saturated rings. The molecule has 0 spiro atoms. The lowest BCUT2D eigenvalue weighted by Crippen LogP contribution is -2.37. The number of H-pyrrole nitrogens is 2. The maximum Gasteiger partial charge on any atom is 0.270 e. The molecule has 5 rings (SSSR count). The smallest absolute Gasteiger partial charge is 0.270 e. The minimum Gasteiger partial charge on any atom is -0.373 e. The molecule has 1 amide bonds. The van der Waals surface area contributed by atoms with Gasteiger partial charge in [0.15, 0.2) is 0 Å². The van der Waals surface area contributed by atoms with Gasteiger partial charge in [-0.05, 0) is 29.7 Å². The van der Waals surface area contributed by atoms with Crippen molar-refractivity contribution in [3.05, 3.63) is 81.2 Å². The second kappa shape index (κ2) is 6.98. The van der Waals surface area contributed by atoms with Crippen LogP contribution in [0.15, 0.2) is 41.2 Å². The van der Waals surface area contributed by atoms with Crippen molar-refractivity contribution >= 4 is 27.6 Å². The molecule has 0 bridgehead atoms. The lowest BCUT2D eigenvalue weighted by molar-refractivity contribution is 0.0333. The molecular weight excluding hydrogens is 411 g/mol. The fourth-order valence-electron chi connectivity index (χ4n) is 4.14. The lowest BCUT2D eigenvalue weighted by Gasteiger charge is -2.33. The standard InChI is InChI=1S/C22H16F3N3O3/c1-28(22(30)17-7-14-15(25)5-11(24)6-16(14)26-17)19-9-31-8-18-20(19)12-3-2-10(23)4-13(12)21(29)27-18/h2-7,19,26H,8-9H2,1H3,(H,27,29). The number of benzene rings is 2. The Hall–Kier alpha value is -3.59. The van der Waals surface area contributed by atoms with Gasteiger partial charge < -0.3 is 19.6 Å². The number of halogens is 3. The molecule has 4 aromatic rings. The number of pyridine rings is 1. The zero-order valence-electron chi connectivity index (χ0n) is 16.3. The van der Waals surface area contributed by atoms with Crippen LogP contribution in [0.1, 0.15) is 27.8 Å². The summed E-state index contributed by atoms with van der Waals surface area (Å²) in [5.74, 6) is -2.54. The van der Waals surface area contributed by atoms with Gasteiger partial charge in [-0.1, -0.05) is 6.07 Å². The number of hydrogen-bond acceptors (Lipinski definition) is 3. The molecule has 158 valence electrons. The van der Waals surface area contributed by atoms with Crippen molar-refractivity contribution in [2.75, 3.05) is 13.7 Å². The van der Waals surface area contributed by atoms with Crippen LogP contribution in [-0.2, 0) is 11.3 Å². The Morgan fingerprint density at radius 3 is 2.65 bits per heavy atom. The third-order valence-electron chi connectivity index (χ3n) is 5.63. The number of rotatable bonds is 2. The average Bonchev–Trinajstić information content (AvgIpc) is 3.17. The predicted octanol–water partition coefficient (Wildman–Crippen LogP) is 3.77. The number of nitrogens with zero attached hydrogens (tertiary/aromatic N) is 1. The van der Waals surface area contributed by atoms with Crippen molar-refractivity contribution in [3.63, 3.8) is 0 Å². The van der Waals surface area contributed by atoms with Crippen LogP contribution in [0.5, 0.6) is 0 Å². The molecule has 0 radical (unpaired) electrons. The van der Waals surface area contributed by atoms with Gasteiger partial charge in [-0.15, -0.1) is 0 Å². The topological polar surface area (TPSA) is 78.2 Å². The Balaban J connectivity index is 1.60. The number of fused-ring (bicyclic) bond motifs is 4. The van der Waals surface area contributed by atoms with Crippen LogP contribution in [0.25, 0.3) is 21.7 Å². The third-order valence-corrected chi connectivity index (χ3v) is 5.63. The van der Waals surface area contributed by atoms with Crippen LogP contribution >= 0.6 is 0 Å². The Bertz CT molecular complexity index is 1430. The average molecular weight is 427 g/mol. The van der Waals surface area contributed by atoms with Gasteiger partial charge in [0.25, 0.3) is 11.5 Å². The van der Waals surface area contributed by atoms with E-state index in [1.807, 2.05) is 0 Å². The normalized spacial score (nSPS) is 15.9. The summed E-state index contributed by atoms with van der Waals surface area (Å²) < 4.78 is 46.8. The van der Waals surface area contributed by atoms with E-state index < -0.39 is 35.0 Å². The van der Waals surface area contributed by atoms with Crippen molar-refractivity contribution in [2.24, 2.45) is 0 Å². The van der Waals surface area contributed by atoms with Gasteiger partial charge in [0, 0.05) is 29.8 Å². The number of amides is 1. The summed E-state index contributed by atoms with van der Waals surface area (Å²) in [5, 5.41) is 0.802. The van der Waals surface area contributed by atoms with Crippen molar-refractivity contribution in [3.8, 4) is 0 Å². The quantitative estimate of drug-likeness (QED) is 0.511. The van der Waals surface area contributed by atoms with Gasteiger partial charge in [0.1, 0.15) is 23.1 Å².